The normalized spacial score (nSPS) is 14.4. The predicted molar refractivity (Wildman–Crippen MR) is 181 cm³/mol. The lowest BCUT2D eigenvalue weighted by Gasteiger charge is -2.27. The molecule has 1 aromatic heterocycles. The molecule has 1 aliphatic heterocycles. The van der Waals surface area contributed by atoms with E-state index >= 15 is 0 Å². The molecule has 0 fully saturated rings. The summed E-state index contributed by atoms with van der Waals surface area (Å²) < 4.78 is 43.7. The van der Waals surface area contributed by atoms with Crippen molar-refractivity contribution in [1.82, 2.24) is 4.57 Å². The van der Waals surface area contributed by atoms with E-state index in [9.17, 15) is 14.0 Å². The van der Waals surface area contributed by atoms with Gasteiger partial charge in [-0.05, 0) is 84.3 Å². The first kappa shape index (κ1) is 32.5. The van der Waals surface area contributed by atoms with Gasteiger partial charge in [0.2, 0.25) is 0 Å². The Morgan fingerprint density at radius 2 is 1.67 bits per heavy atom. The van der Waals surface area contributed by atoms with E-state index in [2.05, 4.69) is 0 Å². The molecule has 0 aliphatic carbocycles. The zero-order valence-corrected chi connectivity index (χ0v) is 27.9. The van der Waals surface area contributed by atoms with Gasteiger partial charge >= 0.3 is 5.97 Å². The van der Waals surface area contributed by atoms with Crippen molar-refractivity contribution in [3.8, 4) is 23.0 Å². The zero-order valence-electron chi connectivity index (χ0n) is 27.0. The van der Waals surface area contributed by atoms with Gasteiger partial charge in [0.15, 0.2) is 16.3 Å². The van der Waals surface area contributed by atoms with Crippen molar-refractivity contribution in [2.24, 2.45) is 4.99 Å². The Hall–Kier alpha value is -5.42. The number of esters is 1. The van der Waals surface area contributed by atoms with Crippen molar-refractivity contribution < 1.29 is 32.9 Å². The number of hydrogen-bond donors (Lipinski definition) is 0. The summed E-state index contributed by atoms with van der Waals surface area (Å²) >= 11 is 1.21. The lowest BCUT2D eigenvalue weighted by molar-refractivity contribution is -0.139. The summed E-state index contributed by atoms with van der Waals surface area (Å²) in [4.78, 5) is 33.1. The molecule has 1 unspecified atom stereocenters. The fourth-order valence-electron chi connectivity index (χ4n) is 5.74. The fourth-order valence-corrected chi connectivity index (χ4v) is 6.79. The van der Waals surface area contributed by atoms with Crippen LogP contribution in [0.4, 0.5) is 4.39 Å². The fraction of sp³-hybridized carbons (Fsp3) is 0.216. The molecule has 0 saturated carbocycles. The molecule has 0 radical (unpaired) electrons. The lowest BCUT2D eigenvalue weighted by Crippen LogP contribution is -2.40. The second-order valence-electron chi connectivity index (χ2n) is 10.9. The van der Waals surface area contributed by atoms with Gasteiger partial charge in [0, 0.05) is 5.56 Å². The highest BCUT2D eigenvalue weighted by molar-refractivity contribution is 7.07. The monoisotopic (exact) mass is 668 g/mol. The number of fused-ring (bicyclic) bond motifs is 2. The molecule has 0 bridgehead atoms. The standard InChI is InChI=1S/C37H33FN2O7S/c1-6-46-36(42)32-21(2)39-37-40(34(32)33-27-19-26(43-3)14-10-24(27)11-16-29(33)44-4)35(41)31(48-37)18-23-9-15-28(30(17-23)45-5)47-20-22-7-12-25(38)13-8-22/h7-19,34H,6,20H2,1-5H3/b31-18-. The third-order valence-electron chi connectivity index (χ3n) is 8.03. The molecule has 1 aliphatic rings. The van der Waals surface area contributed by atoms with Gasteiger partial charge in [-0.25, -0.2) is 14.2 Å². The minimum absolute atomic E-state index is 0.151. The van der Waals surface area contributed by atoms with Crippen LogP contribution in [0.2, 0.25) is 0 Å². The van der Waals surface area contributed by atoms with Crippen molar-refractivity contribution in [3.63, 3.8) is 0 Å². The molecular weight excluding hydrogens is 635 g/mol. The summed E-state index contributed by atoms with van der Waals surface area (Å²) in [6.45, 7) is 3.85. The average molecular weight is 669 g/mol. The number of aromatic nitrogens is 1. The highest BCUT2D eigenvalue weighted by Gasteiger charge is 2.36. The molecule has 4 aromatic carbocycles. The van der Waals surface area contributed by atoms with Gasteiger partial charge in [-0.2, -0.15) is 0 Å². The molecule has 2 heterocycles. The number of hydrogen-bond acceptors (Lipinski definition) is 9. The van der Waals surface area contributed by atoms with Crippen molar-refractivity contribution in [1.29, 1.82) is 0 Å². The quantitative estimate of drug-likeness (QED) is 0.176. The Morgan fingerprint density at radius 3 is 2.38 bits per heavy atom. The van der Waals surface area contributed by atoms with Crippen molar-refractivity contribution in [2.45, 2.75) is 26.5 Å². The topological polar surface area (TPSA) is 97.6 Å². The van der Waals surface area contributed by atoms with Gasteiger partial charge < -0.3 is 23.7 Å². The first-order valence-electron chi connectivity index (χ1n) is 15.2. The predicted octanol–water partition coefficient (Wildman–Crippen LogP) is 5.70. The van der Waals surface area contributed by atoms with Crippen molar-refractivity contribution >= 4 is 34.2 Å². The van der Waals surface area contributed by atoms with Gasteiger partial charge in [0.1, 0.15) is 30.0 Å². The first-order valence-corrected chi connectivity index (χ1v) is 16.0. The van der Waals surface area contributed by atoms with Crippen LogP contribution < -0.4 is 33.8 Å². The number of benzene rings is 4. The number of ether oxygens (including phenoxy) is 5. The number of methoxy groups -OCH3 is 3. The highest BCUT2D eigenvalue weighted by Crippen LogP contribution is 2.41. The van der Waals surface area contributed by atoms with Gasteiger partial charge in [-0.3, -0.25) is 9.36 Å². The third kappa shape index (κ3) is 6.16. The average Bonchev–Trinajstić information content (AvgIpc) is 3.40. The molecule has 1 atom stereocenters. The molecule has 0 amide bonds. The number of carbonyl (C=O) groups is 1. The summed E-state index contributed by atoms with van der Waals surface area (Å²) in [6, 6.07) is 19.9. The number of allylic oxidation sites excluding steroid dienone is 1. The maximum atomic E-state index is 14.4. The van der Waals surface area contributed by atoms with E-state index in [1.54, 1.807) is 58.4 Å². The smallest absolute Gasteiger partial charge is 0.338 e. The second kappa shape index (κ2) is 13.7. The van der Waals surface area contributed by atoms with Gasteiger partial charge in [0.05, 0.1) is 43.7 Å². The van der Waals surface area contributed by atoms with Crippen LogP contribution in [0.25, 0.3) is 16.8 Å². The minimum atomic E-state index is -0.898. The van der Waals surface area contributed by atoms with Crippen molar-refractivity contribution in [3.05, 3.63) is 126 Å². The van der Waals surface area contributed by atoms with E-state index in [0.717, 1.165) is 16.3 Å². The molecule has 48 heavy (non-hydrogen) atoms. The van der Waals surface area contributed by atoms with Crippen molar-refractivity contribution in [2.75, 3.05) is 27.9 Å². The number of halogens is 1. The molecule has 0 saturated heterocycles. The molecule has 6 rings (SSSR count). The molecule has 0 spiro atoms. The Kier molecular flexibility index (Phi) is 9.31. The summed E-state index contributed by atoms with van der Waals surface area (Å²) in [5.74, 6) is 1.18. The first-order chi connectivity index (χ1) is 23.3. The van der Waals surface area contributed by atoms with E-state index in [4.69, 9.17) is 28.7 Å². The number of carbonyl (C=O) groups excluding carboxylic acids is 1. The third-order valence-corrected chi connectivity index (χ3v) is 9.02. The van der Waals surface area contributed by atoms with Crippen LogP contribution in [0.3, 0.4) is 0 Å². The van der Waals surface area contributed by atoms with Crippen LogP contribution in [-0.4, -0.2) is 38.5 Å². The Morgan fingerprint density at radius 1 is 0.938 bits per heavy atom. The van der Waals surface area contributed by atoms with Gasteiger partial charge in [-0.15, -0.1) is 0 Å². The molecule has 0 N–H and O–H groups in total. The number of rotatable bonds is 10. The molecule has 246 valence electrons. The Balaban J connectivity index is 1.49. The number of thiazole rings is 1. The second-order valence-corrected chi connectivity index (χ2v) is 11.9. The van der Waals surface area contributed by atoms with Crippen LogP contribution >= 0.6 is 11.3 Å². The summed E-state index contributed by atoms with van der Waals surface area (Å²) in [5, 5.41) is 1.63. The minimum Gasteiger partial charge on any atom is -0.497 e. The van der Waals surface area contributed by atoms with Crippen LogP contribution in [0.5, 0.6) is 23.0 Å². The molecule has 9 nitrogen and oxygen atoms in total. The van der Waals surface area contributed by atoms with E-state index in [1.807, 2.05) is 36.4 Å². The van der Waals surface area contributed by atoms with Crippen LogP contribution in [-0.2, 0) is 16.1 Å². The van der Waals surface area contributed by atoms with Crippen LogP contribution in [0, 0.1) is 5.82 Å². The Labute approximate surface area is 279 Å². The van der Waals surface area contributed by atoms with Gasteiger partial charge in [-0.1, -0.05) is 41.7 Å². The van der Waals surface area contributed by atoms with E-state index in [1.165, 1.54) is 35.1 Å². The molecule has 5 aromatic rings. The van der Waals surface area contributed by atoms with E-state index in [-0.39, 0.29) is 30.2 Å². The maximum absolute atomic E-state index is 14.4. The highest BCUT2D eigenvalue weighted by atomic mass is 32.1. The molecular formula is C37H33FN2O7S. The van der Waals surface area contributed by atoms with Crippen LogP contribution in [0.1, 0.15) is 36.6 Å². The largest absolute Gasteiger partial charge is 0.497 e. The SMILES string of the molecule is CCOC(=O)C1=C(C)N=c2s/c(=C\c3ccc(OCc4ccc(F)cc4)c(OC)c3)c(=O)n2C1c1c(OC)ccc2ccc(OC)cc12. The van der Waals surface area contributed by atoms with Gasteiger partial charge in [0.25, 0.3) is 5.56 Å². The zero-order chi connectivity index (χ0) is 33.9. The molecule has 11 heteroatoms. The Bertz CT molecular complexity index is 2230. The lowest BCUT2D eigenvalue weighted by atomic mass is 9.90. The number of nitrogens with zero attached hydrogens (tertiary/aromatic N) is 2. The van der Waals surface area contributed by atoms with Crippen LogP contribution in [0.15, 0.2) is 93.9 Å². The summed E-state index contributed by atoms with van der Waals surface area (Å²) in [5.41, 5.74) is 2.46. The summed E-state index contributed by atoms with van der Waals surface area (Å²) in [6.07, 6.45) is 1.75. The van der Waals surface area contributed by atoms with E-state index < -0.39 is 12.0 Å². The van der Waals surface area contributed by atoms with E-state index in [0.29, 0.717) is 49.2 Å². The summed E-state index contributed by atoms with van der Waals surface area (Å²) in [7, 11) is 4.66. The maximum Gasteiger partial charge on any atom is 0.338 e.